The molecular formula is C18H31N3O2. The van der Waals surface area contributed by atoms with Gasteiger partial charge in [-0.25, -0.2) is 0 Å². The molecule has 2 aliphatic heterocycles. The van der Waals surface area contributed by atoms with Crippen molar-refractivity contribution in [2.45, 2.75) is 32.2 Å². The van der Waals surface area contributed by atoms with Gasteiger partial charge in [0.25, 0.3) is 0 Å². The van der Waals surface area contributed by atoms with Gasteiger partial charge < -0.3 is 14.5 Å². The van der Waals surface area contributed by atoms with Crippen LogP contribution < -0.4 is 0 Å². The lowest BCUT2D eigenvalue weighted by Gasteiger charge is -2.40. The van der Waals surface area contributed by atoms with Gasteiger partial charge >= 0.3 is 0 Å². The van der Waals surface area contributed by atoms with Crippen molar-refractivity contribution in [2.24, 2.45) is 5.92 Å². The Balaban J connectivity index is 1.42. The lowest BCUT2D eigenvalue weighted by Crippen LogP contribution is -2.56. The summed E-state index contributed by atoms with van der Waals surface area (Å²) in [5.41, 5.74) is 0. The summed E-state index contributed by atoms with van der Waals surface area (Å²) in [6.07, 6.45) is 8.48. The minimum Gasteiger partial charge on any atom is -0.378 e. The zero-order valence-corrected chi connectivity index (χ0v) is 14.5. The molecule has 1 amide bonds. The Morgan fingerprint density at radius 2 is 1.87 bits per heavy atom. The van der Waals surface area contributed by atoms with Gasteiger partial charge in [-0.2, -0.15) is 0 Å². The Hall–Kier alpha value is -0.910. The molecule has 5 heteroatoms. The first kappa shape index (κ1) is 16.9. The first-order valence-corrected chi connectivity index (χ1v) is 9.22. The third-order valence-corrected chi connectivity index (χ3v) is 5.53. The van der Waals surface area contributed by atoms with Crippen molar-refractivity contribution < 1.29 is 9.53 Å². The van der Waals surface area contributed by atoms with Gasteiger partial charge in [0, 0.05) is 45.8 Å². The third-order valence-electron chi connectivity index (χ3n) is 5.53. The molecule has 0 saturated carbocycles. The summed E-state index contributed by atoms with van der Waals surface area (Å²) in [6.45, 7) is 10.4. The number of carbonyl (C=O) groups excluding carboxylic acids is 1. The average Bonchev–Trinajstić information content (AvgIpc) is 2.63. The van der Waals surface area contributed by atoms with Crippen molar-refractivity contribution in [1.29, 1.82) is 0 Å². The van der Waals surface area contributed by atoms with E-state index in [1.807, 2.05) is 4.90 Å². The number of allylic oxidation sites excluding steroid dienone is 2. The Morgan fingerprint density at radius 1 is 1.13 bits per heavy atom. The maximum Gasteiger partial charge on any atom is 0.239 e. The van der Waals surface area contributed by atoms with Gasteiger partial charge in [-0.3, -0.25) is 9.69 Å². The molecule has 3 aliphatic rings. The number of hydrogen-bond acceptors (Lipinski definition) is 4. The molecule has 0 bridgehead atoms. The molecule has 1 aliphatic carbocycles. The highest BCUT2D eigenvalue weighted by Gasteiger charge is 2.29. The van der Waals surface area contributed by atoms with Crippen LogP contribution in [-0.2, 0) is 9.53 Å². The van der Waals surface area contributed by atoms with Crippen molar-refractivity contribution in [3.63, 3.8) is 0 Å². The van der Waals surface area contributed by atoms with Crippen molar-refractivity contribution in [3.05, 3.63) is 12.2 Å². The molecule has 2 atom stereocenters. The topological polar surface area (TPSA) is 36.0 Å². The molecule has 0 radical (unpaired) electrons. The molecule has 2 saturated heterocycles. The molecule has 2 fully saturated rings. The molecule has 23 heavy (non-hydrogen) atoms. The third kappa shape index (κ3) is 4.55. The number of hydrogen-bond donors (Lipinski definition) is 0. The van der Waals surface area contributed by atoms with E-state index in [9.17, 15) is 4.79 Å². The van der Waals surface area contributed by atoms with Gasteiger partial charge in [-0.15, -0.1) is 0 Å². The quantitative estimate of drug-likeness (QED) is 0.729. The molecule has 0 aromatic rings. The molecule has 0 spiro atoms. The van der Waals surface area contributed by atoms with Gasteiger partial charge in [0.1, 0.15) is 0 Å². The highest BCUT2D eigenvalue weighted by Crippen LogP contribution is 2.20. The second-order valence-corrected chi connectivity index (χ2v) is 7.10. The molecule has 0 aromatic heterocycles. The zero-order valence-electron chi connectivity index (χ0n) is 14.5. The molecule has 3 rings (SSSR count). The molecule has 0 aromatic carbocycles. The standard InChI is InChI=1S/C18H31N3O2/c1-16(18(22)21-11-13-23-14-12-21)20-9-7-19(8-10-20)15-17-5-3-2-4-6-17/h2-3,16-17H,4-15H2,1H3/t16-,17-/m1/s1. The van der Waals surface area contributed by atoms with Gasteiger partial charge in [0.05, 0.1) is 19.3 Å². The largest absolute Gasteiger partial charge is 0.378 e. The predicted octanol–water partition coefficient (Wildman–Crippen LogP) is 1.21. The SMILES string of the molecule is C[C@H](C(=O)N1CCOCC1)N1CCN(C[C@@H]2CC=CCC2)CC1. The van der Waals surface area contributed by atoms with Crippen LogP contribution in [0.25, 0.3) is 0 Å². The number of nitrogens with zero attached hydrogens (tertiary/aromatic N) is 3. The van der Waals surface area contributed by atoms with Crippen LogP contribution in [0.3, 0.4) is 0 Å². The van der Waals surface area contributed by atoms with E-state index in [4.69, 9.17) is 4.74 Å². The monoisotopic (exact) mass is 321 g/mol. The minimum absolute atomic E-state index is 0.00728. The van der Waals surface area contributed by atoms with E-state index < -0.39 is 0 Å². The zero-order chi connectivity index (χ0) is 16.1. The van der Waals surface area contributed by atoms with E-state index in [0.717, 1.165) is 45.2 Å². The van der Waals surface area contributed by atoms with Crippen molar-refractivity contribution in [2.75, 3.05) is 59.0 Å². The average molecular weight is 321 g/mol. The summed E-state index contributed by atoms with van der Waals surface area (Å²) in [5, 5.41) is 0. The fourth-order valence-corrected chi connectivity index (χ4v) is 3.92. The van der Waals surface area contributed by atoms with Crippen molar-refractivity contribution in [1.82, 2.24) is 14.7 Å². The summed E-state index contributed by atoms with van der Waals surface area (Å²) < 4.78 is 5.34. The van der Waals surface area contributed by atoms with Crippen LogP contribution in [0, 0.1) is 5.92 Å². The summed E-state index contributed by atoms with van der Waals surface area (Å²) in [7, 11) is 0. The van der Waals surface area contributed by atoms with Crippen molar-refractivity contribution in [3.8, 4) is 0 Å². The second-order valence-electron chi connectivity index (χ2n) is 7.10. The van der Waals surface area contributed by atoms with Gasteiger partial charge in [-0.1, -0.05) is 12.2 Å². The predicted molar refractivity (Wildman–Crippen MR) is 91.4 cm³/mol. The number of morpholine rings is 1. The molecular weight excluding hydrogens is 290 g/mol. The molecule has 2 heterocycles. The number of carbonyl (C=O) groups is 1. The smallest absolute Gasteiger partial charge is 0.239 e. The van der Waals surface area contributed by atoms with E-state index in [-0.39, 0.29) is 11.9 Å². The summed E-state index contributed by atoms with van der Waals surface area (Å²) in [5.74, 6) is 1.11. The Labute approximate surface area is 140 Å². The first-order valence-electron chi connectivity index (χ1n) is 9.22. The van der Waals surface area contributed by atoms with Crippen LogP contribution in [-0.4, -0.2) is 85.7 Å². The highest BCUT2D eigenvalue weighted by atomic mass is 16.5. The summed E-state index contributed by atoms with van der Waals surface area (Å²) in [6, 6.07) is 0.00728. The molecule has 0 unspecified atom stereocenters. The van der Waals surface area contributed by atoms with Crippen LogP contribution in [0.15, 0.2) is 12.2 Å². The Morgan fingerprint density at radius 3 is 2.52 bits per heavy atom. The lowest BCUT2D eigenvalue weighted by molar-refractivity contribution is -0.141. The maximum absolute atomic E-state index is 12.6. The van der Waals surface area contributed by atoms with Gasteiger partial charge in [-0.05, 0) is 32.1 Å². The van der Waals surface area contributed by atoms with Crippen LogP contribution in [0.4, 0.5) is 0 Å². The van der Waals surface area contributed by atoms with E-state index in [0.29, 0.717) is 13.2 Å². The van der Waals surface area contributed by atoms with E-state index in [1.165, 1.54) is 25.8 Å². The Bertz CT molecular complexity index is 412. The van der Waals surface area contributed by atoms with E-state index in [2.05, 4.69) is 28.9 Å². The fraction of sp³-hybridized carbons (Fsp3) is 0.833. The number of ether oxygens (including phenoxy) is 1. The van der Waals surface area contributed by atoms with Gasteiger partial charge in [0.15, 0.2) is 0 Å². The van der Waals surface area contributed by atoms with Crippen LogP contribution in [0.2, 0.25) is 0 Å². The number of rotatable bonds is 4. The minimum atomic E-state index is 0.00728. The van der Waals surface area contributed by atoms with Crippen LogP contribution >= 0.6 is 0 Å². The van der Waals surface area contributed by atoms with Gasteiger partial charge in [0.2, 0.25) is 5.91 Å². The molecule has 0 N–H and O–H groups in total. The first-order chi connectivity index (χ1) is 11.2. The fourth-order valence-electron chi connectivity index (χ4n) is 3.92. The number of piperazine rings is 1. The van der Waals surface area contributed by atoms with Crippen molar-refractivity contribution >= 4 is 5.91 Å². The lowest BCUT2D eigenvalue weighted by atomic mass is 9.94. The molecule has 5 nitrogen and oxygen atoms in total. The molecule has 130 valence electrons. The second kappa shape index (κ2) is 8.27. The van der Waals surface area contributed by atoms with E-state index in [1.54, 1.807) is 0 Å². The summed E-state index contributed by atoms with van der Waals surface area (Å²) in [4.78, 5) is 19.5. The maximum atomic E-state index is 12.6. The van der Waals surface area contributed by atoms with Crippen LogP contribution in [0.5, 0.6) is 0 Å². The normalized spacial score (nSPS) is 28.7. The summed E-state index contributed by atoms with van der Waals surface area (Å²) >= 11 is 0. The Kier molecular flexibility index (Phi) is 6.08. The highest BCUT2D eigenvalue weighted by molar-refractivity contribution is 5.81. The van der Waals surface area contributed by atoms with E-state index >= 15 is 0 Å². The van der Waals surface area contributed by atoms with Crippen LogP contribution in [0.1, 0.15) is 26.2 Å². The number of amides is 1.